The Morgan fingerprint density at radius 3 is 2.77 bits per heavy atom. The Labute approximate surface area is 136 Å². The van der Waals surface area contributed by atoms with Crippen LogP contribution in [0.3, 0.4) is 0 Å². The molecule has 2 aliphatic heterocycles. The first-order valence-electron chi connectivity index (χ1n) is 8.78. The third kappa shape index (κ3) is 2.82. The van der Waals surface area contributed by atoms with E-state index in [9.17, 15) is 4.79 Å². The minimum Gasteiger partial charge on any atom is -0.381 e. The van der Waals surface area contributed by atoms with Crippen molar-refractivity contribution < 1.29 is 9.53 Å². The number of aliphatic imine (C=N–C) groups is 1. The lowest BCUT2D eigenvalue weighted by atomic mass is 9.89. The van der Waals surface area contributed by atoms with Crippen molar-refractivity contribution in [1.82, 2.24) is 5.32 Å². The van der Waals surface area contributed by atoms with E-state index >= 15 is 0 Å². The van der Waals surface area contributed by atoms with Gasteiger partial charge in [-0.05, 0) is 63.2 Å². The minimum atomic E-state index is -0.335. The lowest BCUT2D eigenvalue weighted by Gasteiger charge is -2.28. The predicted octanol–water partition coefficient (Wildman–Crippen LogP) is 2.97. The van der Waals surface area contributed by atoms with Crippen LogP contribution in [0.15, 0.2) is 4.99 Å². The molecule has 1 N–H and O–H groups in total. The fourth-order valence-electron chi connectivity index (χ4n) is 4.73. The number of thioether (sulfide) groups is 1. The fraction of sp³-hybridized carbons (Fsp3) is 0.882. The van der Waals surface area contributed by atoms with E-state index < -0.39 is 0 Å². The number of carbonyl (C=O) groups is 1. The number of carbonyl (C=O) groups excluding carboxylic acids is 1. The van der Waals surface area contributed by atoms with Crippen molar-refractivity contribution in [2.24, 2.45) is 22.7 Å². The van der Waals surface area contributed by atoms with Gasteiger partial charge in [-0.2, -0.15) is 0 Å². The molecular weight excluding hydrogens is 296 g/mol. The second-order valence-electron chi connectivity index (χ2n) is 7.72. The van der Waals surface area contributed by atoms with Crippen LogP contribution in [0, 0.1) is 17.8 Å². The number of hydrogen-bond acceptors (Lipinski definition) is 4. The van der Waals surface area contributed by atoms with Gasteiger partial charge < -0.3 is 10.1 Å². The number of amides is 1. The molecule has 0 aromatic heterocycles. The monoisotopic (exact) mass is 322 g/mol. The van der Waals surface area contributed by atoms with Gasteiger partial charge in [-0.25, -0.2) is 0 Å². The quantitative estimate of drug-likeness (QED) is 0.869. The molecule has 0 aromatic carbocycles. The Morgan fingerprint density at radius 2 is 2.09 bits per heavy atom. The van der Waals surface area contributed by atoms with E-state index in [1.807, 2.05) is 0 Å². The molecule has 2 heterocycles. The van der Waals surface area contributed by atoms with E-state index in [1.54, 1.807) is 11.8 Å². The van der Waals surface area contributed by atoms with Gasteiger partial charge in [0.15, 0.2) is 5.17 Å². The summed E-state index contributed by atoms with van der Waals surface area (Å²) in [5.74, 6) is 2.44. The van der Waals surface area contributed by atoms with Crippen molar-refractivity contribution in [3.63, 3.8) is 0 Å². The van der Waals surface area contributed by atoms with Gasteiger partial charge in [-0.1, -0.05) is 18.2 Å². The Balaban J connectivity index is 1.41. The van der Waals surface area contributed by atoms with E-state index in [4.69, 9.17) is 9.73 Å². The van der Waals surface area contributed by atoms with E-state index in [0.29, 0.717) is 12.0 Å². The summed E-state index contributed by atoms with van der Waals surface area (Å²) in [6, 6.07) is 0.465. The van der Waals surface area contributed by atoms with Crippen LogP contribution in [0.5, 0.6) is 0 Å². The van der Waals surface area contributed by atoms with E-state index in [0.717, 1.165) is 49.5 Å². The molecular formula is C17H26N2O2S. The maximum Gasteiger partial charge on any atom is 0.242 e. The predicted molar refractivity (Wildman–Crippen MR) is 89.0 cm³/mol. The summed E-state index contributed by atoms with van der Waals surface area (Å²) in [7, 11) is 0. The summed E-state index contributed by atoms with van der Waals surface area (Å²) < 4.78 is 5.10. The number of amidine groups is 1. The number of rotatable bonds is 3. The van der Waals surface area contributed by atoms with Gasteiger partial charge in [0.25, 0.3) is 0 Å². The number of ether oxygens (including phenoxy) is 1. The summed E-state index contributed by atoms with van der Waals surface area (Å²) in [4.78, 5) is 17.4. The average molecular weight is 322 g/mol. The Hall–Kier alpha value is -0.550. The third-order valence-electron chi connectivity index (χ3n) is 6.03. The Morgan fingerprint density at radius 1 is 1.27 bits per heavy atom. The first kappa shape index (κ1) is 15.0. The molecule has 1 amide bonds. The van der Waals surface area contributed by atoms with Crippen LogP contribution < -0.4 is 5.32 Å². The van der Waals surface area contributed by atoms with Crippen LogP contribution in [0.4, 0.5) is 0 Å². The molecule has 22 heavy (non-hydrogen) atoms. The molecule has 4 rings (SSSR count). The minimum absolute atomic E-state index is 0.158. The van der Waals surface area contributed by atoms with Crippen molar-refractivity contribution in [1.29, 1.82) is 0 Å². The molecule has 4 nitrogen and oxygen atoms in total. The molecule has 2 aliphatic carbocycles. The van der Waals surface area contributed by atoms with Crippen LogP contribution in [0.2, 0.25) is 0 Å². The van der Waals surface area contributed by atoms with Crippen molar-refractivity contribution in [3.8, 4) is 0 Å². The highest BCUT2D eigenvalue weighted by Gasteiger charge is 2.45. The molecule has 4 fully saturated rings. The number of fused-ring (bicyclic) bond motifs is 2. The normalized spacial score (nSPS) is 44.0. The van der Waals surface area contributed by atoms with Crippen LogP contribution in [-0.2, 0) is 9.53 Å². The SMILES string of the molecule is C[C@]1(CC2CCOCC2)SC(=N[C@@H]2C[C@H]3CC[C@@H]2C3)NC1=O. The van der Waals surface area contributed by atoms with Gasteiger partial charge in [0.1, 0.15) is 0 Å². The van der Waals surface area contributed by atoms with Crippen molar-refractivity contribution in [2.45, 2.75) is 62.7 Å². The Kier molecular flexibility index (Phi) is 3.97. The highest BCUT2D eigenvalue weighted by atomic mass is 32.2. The summed E-state index contributed by atoms with van der Waals surface area (Å²) in [5.41, 5.74) is 0. The highest BCUT2D eigenvalue weighted by Crippen LogP contribution is 2.47. The average Bonchev–Trinajstić information content (AvgIpc) is 3.16. The lowest BCUT2D eigenvalue weighted by molar-refractivity contribution is -0.121. The van der Waals surface area contributed by atoms with Gasteiger partial charge in [-0.15, -0.1) is 0 Å². The molecule has 2 saturated heterocycles. The lowest BCUT2D eigenvalue weighted by Crippen LogP contribution is -2.36. The molecule has 0 unspecified atom stereocenters. The second-order valence-corrected chi connectivity index (χ2v) is 9.22. The first-order valence-corrected chi connectivity index (χ1v) is 9.60. The maximum absolute atomic E-state index is 12.5. The standard InChI is InChI=1S/C17H26N2O2S/c1-17(10-11-4-6-21-7-5-11)15(20)19-16(22-17)18-14-9-12-2-3-13(14)8-12/h11-14H,2-10H2,1H3,(H,18,19,20)/t12-,13+,14+,17+/m0/s1. The molecule has 2 saturated carbocycles. The first-order chi connectivity index (χ1) is 10.6. The van der Waals surface area contributed by atoms with Crippen molar-refractivity contribution in [3.05, 3.63) is 0 Å². The van der Waals surface area contributed by atoms with Crippen molar-refractivity contribution >= 4 is 22.8 Å². The van der Waals surface area contributed by atoms with Gasteiger partial charge in [0.2, 0.25) is 5.91 Å². The molecule has 0 aromatic rings. The van der Waals surface area contributed by atoms with E-state index in [-0.39, 0.29) is 10.7 Å². The largest absolute Gasteiger partial charge is 0.381 e. The summed E-state index contributed by atoms with van der Waals surface area (Å²) in [6.45, 7) is 3.78. The fourth-order valence-corrected chi connectivity index (χ4v) is 5.95. The highest BCUT2D eigenvalue weighted by molar-refractivity contribution is 8.16. The van der Waals surface area contributed by atoms with Gasteiger partial charge >= 0.3 is 0 Å². The molecule has 0 spiro atoms. The van der Waals surface area contributed by atoms with Gasteiger partial charge in [0, 0.05) is 13.2 Å². The van der Waals surface area contributed by atoms with Crippen LogP contribution >= 0.6 is 11.8 Å². The summed E-state index contributed by atoms with van der Waals surface area (Å²) in [6.07, 6.45) is 8.45. The van der Waals surface area contributed by atoms with Crippen molar-refractivity contribution in [2.75, 3.05) is 13.2 Å². The van der Waals surface area contributed by atoms with Crippen LogP contribution in [0.25, 0.3) is 0 Å². The number of nitrogens with zero attached hydrogens (tertiary/aromatic N) is 1. The van der Waals surface area contributed by atoms with E-state index in [1.165, 1.54) is 25.7 Å². The Bertz CT molecular complexity index is 489. The zero-order valence-corrected chi connectivity index (χ0v) is 14.2. The smallest absolute Gasteiger partial charge is 0.242 e. The van der Waals surface area contributed by atoms with Gasteiger partial charge in [-0.3, -0.25) is 9.79 Å². The molecule has 4 atom stereocenters. The summed E-state index contributed by atoms with van der Waals surface area (Å²) in [5, 5.41) is 3.95. The van der Waals surface area contributed by atoms with Crippen LogP contribution in [0.1, 0.15) is 51.9 Å². The molecule has 4 aliphatic rings. The summed E-state index contributed by atoms with van der Waals surface area (Å²) >= 11 is 1.68. The molecule has 122 valence electrons. The van der Waals surface area contributed by atoms with E-state index in [2.05, 4.69) is 12.2 Å². The molecule has 0 radical (unpaired) electrons. The zero-order chi connectivity index (χ0) is 15.2. The maximum atomic E-state index is 12.5. The number of hydrogen-bond donors (Lipinski definition) is 1. The zero-order valence-electron chi connectivity index (χ0n) is 13.3. The topological polar surface area (TPSA) is 50.7 Å². The van der Waals surface area contributed by atoms with Crippen LogP contribution in [-0.4, -0.2) is 35.1 Å². The third-order valence-corrected chi connectivity index (χ3v) is 7.23. The van der Waals surface area contributed by atoms with Gasteiger partial charge in [0.05, 0.1) is 10.8 Å². The molecule has 5 heteroatoms. The second kappa shape index (κ2) is 5.82. The molecule has 2 bridgehead atoms. The number of nitrogens with one attached hydrogen (secondary N) is 1.